The largest absolute Gasteiger partial charge is 0.494 e. The van der Waals surface area contributed by atoms with Crippen molar-refractivity contribution in [2.24, 2.45) is 0 Å². The summed E-state index contributed by atoms with van der Waals surface area (Å²) >= 11 is 15.0. The molecule has 3 N–H and O–H groups in total. The van der Waals surface area contributed by atoms with Crippen LogP contribution in [0.2, 0.25) is 0 Å². The monoisotopic (exact) mass is 1970 g/mol. The van der Waals surface area contributed by atoms with Crippen LogP contribution in [0, 0.1) is 34.9 Å². The Balaban J connectivity index is 0.000000471. The van der Waals surface area contributed by atoms with Crippen molar-refractivity contribution < 1.29 is 122 Å². The quantitative estimate of drug-likeness (QED) is 0.00862. The third kappa shape index (κ3) is 42.4. The number of halogens is 11. The fourth-order valence-electron chi connectivity index (χ4n) is 8.66. The predicted molar refractivity (Wildman–Crippen MR) is 456 cm³/mol. The molecule has 0 aromatic heterocycles. The van der Waals surface area contributed by atoms with E-state index in [9.17, 15) is 50.3 Å². The normalized spacial score (nSPS) is 12.1. The maximum absolute atomic E-state index is 14.2. The first kappa shape index (κ1) is 106. The zero-order chi connectivity index (χ0) is 88.3. The van der Waals surface area contributed by atoms with Gasteiger partial charge in [-0.3, -0.25) is 9.59 Å². The van der Waals surface area contributed by atoms with Gasteiger partial charge in [0.1, 0.15) is 48.1 Å². The van der Waals surface area contributed by atoms with E-state index in [1.54, 1.807) is 89.1 Å². The van der Waals surface area contributed by atoms with Crippen LogP contribution in [0.25, 0.3) is 5.57 Å². The summed E-state index contributed by atoms with van der Waals surface area (Å²) in [4.78, 5) is 53.4. The Morgan fingerprint density at radius 3 is 1.16 bits per heavy atom. The van der Waals surface area contributed by atoms with Crippen LogP contribution in [-0.2, 0) is 122 Å². The summed E-state index contributed by atoms with van der Waals surface area (Å²) < 4.78 is 145. The Morgan fingerprint density at radius 1 is 0.458 bits per heavy atom. The van der Waals surface area contributed by atoms with Crippen LogP contribution in [-0.4, -0.2) is 145 Å². The number of hydrogen-bond donors (Lipinski definition) is 3. The Bertz CT molecular complexity index is 4390. The topological polar surface area (TPSA) is 257 Å². The predicted octanol–water partition coefficient (Wildman–Crippen LogP) is 19.1. The molecule has 9 rings (SSSR count). The number of methoxy groups -OCH3 is 4. The lowest BCUT2D eigenvalue weighted by molar-refractivity contribution is -0.139. The van der Waals surface area contributed by atoms with Gasteiger partial charge in [0.2, 0.25) is 0 Å². The van der Waals surface area contributed by atoms with Gasteiger partial charge in [0.25, 0.3) is 0 Å². The summed E-state index contributed by atoms with van der Waals surface area (Å²) in [6.07, 6.45) is 0.488. The number of carboxylic acids is 2. The Morgan fingerprint density at radius 2 is 0.814 bits per heavy atom. The van der Waals surface area contributed by atoms with Crippen molar-refractivity contribution >= 4 is 128 Å². The molecule has 20 nitrogen and oxygen atoms in total. The van der Waals surface area contributed by atoms with Crippen molar-refractivity contribution in [3.8, 4) is 0 Å². The highest BCUT2D eigenvalue weighted by atomic mass is 79.9. The highest BCUT2D eigenvalue weighted by Crippen LogP contribution is 2.37. The number of aldehydes is 1. The molecule has 0 aliphatic carbocycles. The van der Waals surface area contributed by atoms with Crippen LogP contribution in [0.5, 0.6) is 0 Å². The third-order valence-corrected chi connectivity index (χ3v) is 18.3. The van der Waals surface area contributed by atoms with E-state index < -0.39 is 65.6 Å². The fraction of sp³-hybridized carbons (Fsp3) is 0.314. The molecule has 1 fully saturated rings. The molecule has 0 amide bonds. The summed E-state index contributed by atoms with van der Waals surface area (Å²) in [6, 6.07) is 46.4. The van der Waals surface area contributed by atoms with E-state index in [1.165, 1.54) is 49.4 Å². The Hall–Kier alpha value is -7.87. The second-order valence-electron chi connectivity index (χ2n) is 25.5. The standard InChI is InChI=1S/C20H21FO4.C16H24BFO4.C13H17FO4.C10H12BrFO2.C10H9BrO2.C7H6BrFO.C7H4BrFO.C3H3BrO2/c1-15(20(22)25-13-16-6-4-3-5-7-16)17-8-9-18(19(21)12-17)14-24-11-10-23-2;1-15(2)16(3,4)22-17(21-15)13-7-6-12(14(18)10-13)11-20-9-8-19-5;1-9(13(15)16)10-3-4-11(12(14)7-10)8-18-6-5-17-2;1-13-4-5-14-7-8-2-3-9(11)6-10(8)12;1-8(11)10(12)13-7-9-5-3-2-4-6-9;2*8-6-2-1-5(4-10)7(9)3-6;1-2(4)3(5)6/h3-9,12H,1,10-11,13-14H2,2H3;6-7,10H,8-9,11H2,1-5H3;3-4,7,9H,5-6,8H2,1-2H3,(H,15,16);2-3,6H,4-5,7H2,1H3;2-6H,1,7H2;1-3,10H,4H2;1-4H;1H2,(H,5,6). The SMILES string of the molecule is C=C(Br)C(=O)O.C=C(Br)C(=O)OCc1ccccc1.C=C(C(=O)OCc1ccccc1)c1ccc(COCCOC)c(F)c1.COCCOCc1ccc(B2OC(C)(C)C(C)(C)O2)cc1F.COCCOCc1ccc(Br)cc1F.COCCOCc1ccc(C(C)C(=O)O)cc1F.O=Cc1ccc(Br)cc1F.OCc1ccc(Br)cc1F. The number of carboxylic acid groups (broad SMARTS) is 2. The van der Waals surface area contributed by atoms with E-state index >= 15 is 0 Å². The maximum atomic E-state index is 14.2. The first-order chi connectivity index (χ1) is 56.0. The van der Waals surface area contributed by atoms with Crippen LogP contribution >= 0.6 is 79.6 Å². The summed E-state index contributed by atoms with van der Waals surface area (Å²) in [6.45, 7) is 24.2. The minimum Gasteiger partial charge on any atom is -0.481 e. The highest BCUT2D eigenvalue weighted by molar-refractivity contribution is 9.12. The minimum absolute atomic E-state index is 0.0116. The van der Waals surface area contributed by atoms with E-state index in [0.717, 1.165) is 15.6 Å². The lowest BCUT2D eigenvalue weighted by Gasteiger charge is -2.32. The molecule has 8 aromatic carbocycles. The highest BCUT2D eigenvalue weighted by Gasteiger charge is 2.52. The van der Waals surface area contributed by atoms with Crippen LogP contribution in [0.15, 0.2) is 212 Å². The number of aliphatic hydroxyl groups is 1. The number of ether oxygens (including phenoxy) is 10. The van der Waals surface area contributed by atoms with Crippen LogP contribution < -0.4 is 5.46 Å². The van der Waals surface area contributed by atoms with Gasteiger partial charge in [-0.1, -0.05) is 177 Å². The number of aliphatic carboxylic acids is 2. The number of carbonyl (C=O) groups is 5. The van der Waals surface area contributed by atoms with Gasteiger partial charge < -0.3 is 72.0 Å². The summed E-state index contributed by atoms with van der Waals surface area (Å²) in [5, 5.41) is 25.2. The van der Waals surface area contributed by atoms with E-state index in [0.29, 0.717) is 112 Å². The van der Waals surface area contributed by atoms with Crippen molar-refractivity contribution in [1.82, 2.24) is 0 Å². The molecule has 1 aliphatic rings. The molecule has 8 aromatic rings. The molecular formula is C86H96BBr5F6O20. The van der Waals surface area contributed by atoms with E-state index in [2.05, 4.69) is 99.4 Å². The van der Waals surface area contributed by atoms with Crippen LogP contribution in [0.1, 0.15) is 101 Å². The number of aliphatic hydroxyl groups excluding tert-OH is 1. The molecule has 1 heterocycles. The fourth-order valence-corrected chi connectivity index (χ4v) is 9.78. The Kier molecular flexibility index (Phi) is 53.1. The van der Waals surface area contributed by atoms with E-state index in [1.807, 2.05) is 94.4 Å². The van der Waals surface area contributed by atoms with Gasteiger partial charge in [0, 0.05) is 69.7 Å². The molecule has 1 unspecified atom stereocenters. The van der Waals surface area contributed by atoms with Gasteiger partial charge in [-0.25, -0.2) is 40.7 Å². The summed E-state index contributed by atoms with van der Waals surface area (Å²) in [5.74, 6) is -6.06. The molecule has 118 heavy (non-hydrogen) atoms. The van der Waals surface area contributed by atoms with Crippen LogP contribution in [0.3, 0.4) is 0 Å². The van der Waals surface area contributed by atoms with Gasteiger partial charge in [0.05, 0.1) is 123 Å². The zero-order valence-corrected chi connectivity index (χ0v) is 74.5. The number of hydrogen-bond acceptors (Lipinski definition) is 18. The molecule has 1 aliphatic heterocycles. The van der Waals surface area contributed by atoms with Crippen molar-refractivity contribution in [2.75, 3.05) is 81.3 Å². The van der Waals surface area contributed by atoms with Gasteiger partial charge in [0.15, 0.2) is 6.29 Å². The number of esters is 2. The molecule has 640 valence electrons. The number of benzene rings is 8. The maximum Gasteiger partial charge on any atom is 0.494 e. The second-order valence-corrected chi connectivity index (χ2v) is 30.1. The van der Waals surface area contributed by atoms with Crippen LogP contribution in [0.4, 0.5) is 26.3 Å². The average Bonchev–Trinajstić information content (AvgIpc) is 1.62. The molecule has 0 radical (unpaired) electrons. The molecule has 1 saturated heterocycles. The Labute approximate surface area is 726 Å². The van der Waals surface area contributed by atoms with Gasteiger partial charge in [-0.2, -0.15) is 0 Å². The van der Waals surface area contributed by atoms with Gasteiger partial charge in [-0.05, 0) is 155 Å². The third-order valence-electron chi connectivity index (χ3n) is 16.1. The van der Waals surface area contributed by atoms with Crippen molar-refractivity contribution in [1.29, 1.82) is 0 Å². The second kappa shape index (κ2) is 58.9. The molecule has 0 spiro atoms. The molecule has 32 heteroatoms. The zero-order valence-electron chi connectivity index (χ0n) is 66.6. The number of rotatable bonds is 33. The van der Waals surface area contributed by atoms with Crippen molar-refractivity contribution in [3.05, 3.63) is 303 Å². The smallest absolute Gasteiger partial charge is 0.481 e. The van der Waals surface area contributed by atoms with E-state index in [-0.39, 0.29) is 83.8 Å². The van der Waals surface area contributed by atoms with Crippen molar-refractivity contribution in [2.45, 2.75) is 98.0 Å². The summed E-state index contributed by atoms with van der Waals surface area (Å²) in [7, 11) is 5.78. The lowest BCUT2D eigenvalue weighted by Crippen LogP contribution is -2.41. The van der Waals surface area contributed by atoms with Crippen molar-refractivity contribution in [3.63, 3.8) is 0 Å². The molecular weight excluding hydrogens is 1880 g/mol. The van der Waals surface area contributed by atoms with Gasteiger partial charge in [-0.15, -0.1) is 0 Å². The summed E-state index contributed by atoms with van der Waals surface area (Å²) in [5.41, 5.74) is 4.88. The first-order valence-electron chi connectivity index (χ1n) is 35.6. The number of carbonyl (C=O) groups excluding carboxylic acids is 3. The molecule has 0 saturated carbocycles. The van der Waals surface area contributed by atoms with Gasteiger partial charge >= 0.3 is 31.0 Å². The minimum atomic E-state index is -1.02. The molecule has 1 atom stereocenters. The molecule has 0 bridgehead atoms. The average molecular weight is 1970 g/mol. The lowest BCUT2D eigenvalue weighted by atomic mass is 9.79. The first-order valence-corrected chi connectivity index (χ1v) is 39.6. The van der Waals surface area contributed by atoms with E-state index in [4.69, 9.17) is 72.0 Å².